The highest BCUT2D eigenvalue weighted by Crippen LogP contribution is 2.43. The summed E-state index contributed by atoms with van der Waals surface area (Å²) in [7, 11) is 1.46. The first-order chi connectivity index (χ1) is 37.0. The van der Waals surface area contributed by atoms with Crippen LogP contribution < -0.4 is 0 Å². The summed E-state index contributed by atoms with van der Waals surface area (Å²) >= 11 is 0. The number of nitrogens with zero attached hydrogens (tertiary/aromatic N) is 1. The smallest absolute Gasteiger partial charge is 0.462 e. The van der Waals surface area contributed by atoms with Gasteiger partial charge in [-0.2, -0.15) is 0 Å². The number of hydrogen-bond acceptors (Lipinski definition) is 7. The standard InChI is InChI=1S/C66H112NO8P/c1-6-8-10-12-14-16-18-20-22-24-26-27-28-29-30-31-32-33-34-35-36-37-38-39-41-43-45-47-49-51-53-55-57-59-66(69)75-64(63-74-76(70,71)73-61-60-67(3,4)5)62-72-65(68)58-56-54-52-50-48-46-44-42-40-25-23-21-19-17-15-13-11-9-7-2/h8-11,14-17,20-23,26-27,29-30,32-33,40,42,64H,6-7,12-13,18-19,24-25,28,31,34-39,41,43-63H2,1-5H3/p+1/b10-8-,11-9-,16-14-,17-15-,22-20-,23-21-,27-26-,30-29-,33-32-,42-40-. The van der Waals surface area contributed by atoms with Crippen LogP contribution in [0.25, 0.3) is 0 Å². The predicted octanol–water partition coefficient (Wildman–Crippen LogP) is 19.1. The number of carbonyl (C=O) groups is 2. The van der Waals surface area contributed by atoms with Crippen molar-refractivity contribution < 1.29 is 42.1 Å². The van der Waals surface area contributed by atoms with E-state index in [9.17, 15) is 19.0 Å². The Kier molecular flexibility index (Phi) is 53.5. The van der Waals surface area contributed by atoms with E-state index in [1.54, 1.807) is 0 Å². The molecule has 10 heteroatoms. The van der Waals surface area contributed by atoms with Gasteiger partial charge in [0, 0.05) is 12.8 Å². The van der Waals surface area contributed by atoms with E-state index in [4.69, 9.17) is 18.5 Å². The Morgan fingerprint density at radius 2 is 0.711 bits per heavy atom. The van der Waals surface area contributed by atoms with Gasteiger partial charge in [-0.15, -0.1) is 0 Å². The summed E-state index contributed by atoms with van der Waals surface area (Å²) < 4.78 is 34.6. The third-order valence-electron chi connectivity index (χ3n) is 12.5. The molecule has 76 heavy (non-hydrogen) atoms. The Labute approximate surface area is 467 Å². The minimum atomic E-state index is -4.40. The minimum absolute atomic E-state index is 0.0236. The second-order valence-electron chi connectivity index (χ2n) is 21.0. The number of carbonyl (C=O) groups excluding carboxylic acids is 2. The lowest BCUT2D eigenvalue weighted by Crippen LogP contribution is -2.37. The van der Waals surface area contributed by atoms with Crippen molar-refractivity contribution in [2.45, 2.75) is 238 Å². The molecule has 0 fully saturated rings. The Hall–Kier alpha value is -3.59. The van der Waals surface area contributed by atoms with E-state index >= 15 is 0 Å². The number of esters is 2. The summed E-state index contributed by atoms with van der Waals surface area (Å²) in [5.74, 6) is -0.818. The number of allylic oxidation sites excluding steroid dienone is 20. The molecule has 0 aliphatic rings. The van der Waals surface area contributed by atoms with Crippen molar-refractivity contribution in [3.63, 3.8) is 0 Å². The van der Waals surface area contributed by atoms with Gasteiger partial charge in [0.2, 0.25) is 0 Å². The van der Waals surface area contributed by atoms with Gasteiger partial charge in [0.15, 0.2) is 6.10 Å². The maximum atomic E-state index is 12.8. The Morgan fingerprint density at radius 3 is 1.05 bits per heavy atom. The summed E-state index contributed by atoms with van der Waals surface area (Å²) in [5.41, 5.74) is 0. The van der Waals surface area contributed by atoms with Gasteiger partial charge in [0.25, 0.3) is 0 Å². The topological polar surface area (TPSA) is 108 Å². The van der Waals surface area contributed by atoms with Crippen LogP contribution in [-0.4, -0.2) is 74.9 Å². The molecule has 0 radical (unpaired) electrons. The zero-order valence-corrected chi connectivity index (χ0v) is 50.1. The first-order valence-electron chi connectivity index (χ1n) is 30.3. The number of hydrogen-bond donors (Lipinski definition) is 1. The molecule has 0 spiro atoms. The maximum absolute atomic E-state index is 12.8. The number of quaternary nitrogens is 1. The van der Waals surface area contributed by atoms with Gasteiger partial charge in [0.05, 0.1) is 27.7 Å². The molecule has 0 bridgehead atoms. The van der Waals surface area contributed by atoms with E-state index in [-0.39, 0.29) is 32.0 Å². The van der Waals surface area contributed by atoms with Crippen molar-refractivity contribution in [3.8, 4) is 0 Å². The molecule has 0 aromatic carbocycles. The number of ether oxygens (including phenoxy) is 2. The highest BCUT2D eigenvalue weighted by molar-refractivity contribution is 7.47. The van der Waals surface area contributed by atoms with E-state index in [1.165, 1.54) is 70.6 Å². The van der Waals surface area contributed by atoms with Gasteiger partial charge in [-0.1, -0.05) is 238 Å². The number of phosphoric ester groups is 1. The molecule has 0 aliphatic carbocycles. The molecule has 0 rings (SSSR count). The molecule has 0 amide bonds. The molecule has 1 N–H and O–H groups in total. The van der Waals surface area contributed by atoms with Crippen molar-refractivity contribution in [2.75, 3.05) is 47.5 Å². The SMILES string of the molecule is CC/C=C\C/C=C\C/C=C\C/C=C\C/C=C\C/C=C\CCCCCCCCCCCCCCCCC(=O)OC(COC(=O)CCCCCCCC/C=C\C/C=C\C/C=C\C/C=C\CC)COP(=O)(O)OCC[N+](C)(C)C. The molecular formula is C66H113NO8P+. The summed E-state index contributed by atoms with van der Waals surface area (Å²) in [5, 5.41) is 0. The van der Waals surface area contributed by atoms with Gasteiger partial charge in [0.1, 0.15) is 19.8 Å². The number of unbranched alkanes of at least 4 members (excludes halogenated alkanes) is 20. The fourth-order valence-electron chi connectivity index (χ4n) is 7.89. The van der Waals surface area contributed by atoms with Crippen molar-refractivity contribution >= 4 is 19.8 Å². The second kappa shape index (κ2) is 56.1. The molecule has 0 aromatic rings. The predicted molar refractivity (Wildman–Crippen MR) is 325 cm³/mol. The fourth-order valence-corrected chi connectivity index (χ4v) is 8.63. The molecule has 434 valence electrons. The maximum Gasteiger partial charge on any atom is 0.472 e. The quantitative estimate of drug-likeness (QED) is 0.0211. The first-order valence-corrected chi connectivity index (χ1v) is 31.8. The molecular weight excluding hydrogens is 966 g/mol. The fraction of sp³-hybridized carbons (Fsp3) is 0.667. The Bertz CT molecular complexity index is 1700. The van der Waals surface area contributed by atoms with Gasteiger partial charge in [-0.3, -0.25) is 18.6 Å². The lowest BCUT2D eigenvalue weighted by molar-refractivity contribution is -0.870. The molecule has 9 nitrogen and oxygen atoms in total. The van der Waals surface area contributed by atoms with Crippen LogP contribution in [0.3, 0.4) is 0 Å². The third-order valence-corrected chi connectivity index (χ3v) is 13.5. The normalized spacial score (nSPS) is 14.1. The summed E-state index contributed by atoms with van der Waals surface area (Å²) in [6.45, 7) is 4.18. The number of phosphoric acid groups is 1. The summed E-state index contributed by atoms with van der Waals surface area (Å²) in [4.78, 5) is 35.7. The van der Waals surface area contributed by atoms with Gasteiger partial charge in [-0.05, 0) is 103 Å². The van der Waals surface area contributed by atoms with Gasteiger partial charge < -0.3 is 18.9 Å². The van der Waals surface area contributed by atoms with Crippen molar-refractivity contribution in [1.29, 1.82) is 0 Å². The second-order valence-corrected chi connectivity index (χ2v) is 22.4. The van der Waals surface area contributed by atoms with Crippen LogP contribution in [0.4, 0.5) is 0 Å². The van der Waals surface area contributed by atoms with Gasteiger partial charge >= 0.3 is 19.8 Å². The van der Waals surface area contributed by atoms with E-state index in [0.29, 0.717) is 17.4 Å². The highest BCUT2D eigenvalue weighted by atomic mass is 31.2. The van der Waals surface area contributed by atoms with E-state index in [0.717, 1.165) is 128 Å². The Balaban J connectivity index is 4.13. The molecule has 0 aromatic heterocycles. The number of likely N-dealkylation sites (N-methyl/N-ethyl adjacent to an activating group) is 1. The summed E-state index contributed by atoms with van der Waals surface area (Å²) in [6.07, 6.45) is 79.9. The third kappa shape index (κ3) is 59.7. The monoisotopic (exact) mass is 1080 g/mol. The van der Waals surface area contributed by atoms with E-state index in [2.05, 4.69) is 135 Å². The van der Waals surface area contributed by atoms with Crippen LogP contribution in [-0.2, 0) is 32.7 Å². The first kappa shape index (κ1) is 72.4. The van der Waals surface area contributed by atoms with Gasteiger partial charge in [-0.25, -0.2) is 4.57 Å². The van der Waals surface area contributed by atoms with E-state index in [1.807, 2.05) is 21.1 Å². The van der Waals surface area contributed by atoms with Crippen molar-refractivity contribution in [1.82, 2.24) is 0 Å². The van der Waals surface area contributed by atoms with Crippen LogP contribution in [0.5, 0.6) is 0 Å². The van der Waals surface area contributed by atoms with Crippen LogP contribution in [0.15, 0.2) is 122 Å². The molecule has 2 atom stereocenters. The lowest BCUT2D eigenvalue weighted by atomic mass is 10.0. The zero-order chi connectivity index (χ0) is 55.6. The minimum Gasteiger partial charge on any atom is -0.462 e. The van der Waals surface area contributed by atoms with Crippen LogP contribution in [0, 0.1) is 0 Å². The molecule has 2 unspecified atom stereocenters. The molecule has 0 saturated carbocycles. The molecule has 0 heterocycles. The van der Waals surface area contributed by atoms with Crippen molar-refractivity contribution in [3.05, 3.63) is 122 Å². The van der Waals surface area contributed by atoms with Crippen LogP contribution >= 0.6 is 7.82 Å². The average molecular weight is 1080 g/mol. The average Bonchev–Trinajstić information content (AvgIpc) is 3.38. The lowest BCUT2D eigenvalue weighted by Gasteiger charge is -2.24. The van der Waals surface area contributed by atoms with Crippen molar-refractivity contribution in [2.24, 2.45) is 0 Å². The highest BCUT2D eigenvalue weighted by Gasteiger charge is 2.27. The molecule has 0 saturated heterocycles. The molecule has 0 aliphatic heterocycles. The largest absolute Gasteiger partial charge is 0.472 e. The summed E-state index contributed by atoms with van der Waals surface area (Å²) in [6, 6.07) is 0. The van der Waals surface area contributed by atoms with E-state index < -0.39 is 26.5 Å². The number of rotatable bonds is 54. The van der Waals surface area contributed by atoms with Crippen LogP contribution in [0.1, 0.15) is 232 Å². The zero-order valence-electron chi connectivity index (χ0n) is 49.2. The van der Waals surface area contributed by atoms with Crippen LogP contribution in [0.2, 0.25) is 0 Å². The Morgan fingerprint density at radius 1 is 0.408 bits per heavy atom.